The Kier molecular flexibility index (Phi) is 6.57. The van der Waals surface area contributed by atoms with Gasteiger partial charge in [0.25, 0.3) is 5.91 Å². The molecule has 1 aromatic carbocycles. The van der Waals surface area contributed by atoms with E-state index in [1.165, 1.54) is 29.2 Å². The van der Waals surface area contributed by atoms with E-state index >= 15 is 0 Å². The first-order chi connectivity index (χ1) is 11.9. The van der Waals surface area contributed by atoms with Crippen LogP contribution in [0.5, 0.6) is 0 Å². The molecule has 0 unspecified atom stereocenters. The molecule has 0 fully saturated rings. The lowest BCUT2D eigenvalue weighted by Gasteiger charge is -2.19. The van der Waals surface area contributed by atoms with Gasteiger partial charge < -0.3 is 9.64 Å². The van der Waals surface area contributed by atoms with Crippen molar-refractivity contribution < 1.29 is 14.3 Å². The Morgan fingerprint density at radius 1 is 1.44 bits per heavy atom. The number of hydrogen-bond donors (Lipinski definition) is 0. The quantitative estimate of drug-likeness (QED) is 0.566. The number of hydrogen-bond acceptors (Lipinski definition) is 5. The number of ether oxygens (including phenoxy) is 1. The van der Waals surface area contributed by atoms with Crippen molar-refractivity contribution in [1.29, 1.82) is 5.26 Å². The molecule has 7 heteroatoms. The predicted octanol–water partition coefficient (Wildman–Crippen LogP) is 3.87. The van der Waals surface area contributed by atoms with Crippen molar-refractivity contribution in [3.05, 3.63) is 40.2 Å². The van der Waals surface area contributed by atoms with E-state index in [1.807, 2.05) is 30.3 Å². The summed E-state index contributed by atoms with van der Waals surface area (Å²) in [4.78, 5) is 26.1. The zero-order valence-electron chi connectivity index (χ0n) is 13.9. The molecule has 1 aromatic heterocycles. The topological polar surface area (TPSA) is 70.4 Å². The van der Waals surface area contributed by atoms with Crippen molar-refractivity contribution in [2.24, 2.45) is 0 Å². The number of amides is 1. The van der Waals surface area contributed by atoms with Gasteiger partial charge in [-0.25, -0.2) is 4.79 Å². The molecule has 0 saturated heterocycles. The number of carbonyl (C=O) groups excluding carboxylic acids is 2. The smallest absolute Gasteiger partial charge is 0.331 e. The fraction of sp³-hybridized carbons (Fsp3) is 0.278. The van der Waals surface area contributed by atoms with Crippen LogP contribution in [0.4, 0.5) is 0 Å². The van der Waals surface area contributed by atoms with Crippen LogP contribution in [0.3, 0.4) is 0 Å². The molecular weight excluding hydrogens is 360 g/mol. The molecule has 0 bridgehead atoms. The van der Waals surface area contributed by atoms with Crippen LogP contribution in [-0.4, -0.2) is 36.5 Å². The van der Waals surface area contributed by atoms with Crippen LogP contribution in [0, 0.1) is 11.3 Å². The van der Waals surface area contributed by atoms with E-state index in [0.717, 1.165) is 15.0 Å². The summed E-state index contributed by atoms with van der Waals surface area (Å²) in [6.07, 6.45) is 2.16. The number of nitriles is 1. The minimum atomic E-state index is -0.918. The second kappa shape index (κ2) is 8.65. The number of thiophene rings is 1. The molecule has 0 aliphatic heterocycles. The van der Waals surface area contributed by atoms with Crippen molar-refractivity contribution in [3.63, 3.8) is 0 Å². The summed E-state index contributed by atoms with van der Waals surface area (Å²) in [6.45, 7) is 1.80. The first-order valence-corrected chi connectivity index (χ1v) is 8.81. The van der Waals surface area contributed by atoms with Gasteiger partial charge in [0.2, 0.25) is 0 Å². The number of halogens is 1. The van der Waals surface area contributed by atoms with Crippen LogP contribution < -0.4 is 0 Å². The zero-order valence-corrected chi connectivity index (χ0v) is 15.4. The summed E-state index contributed by atoms with van der Waals surface area (Å²) in [5.74, 6) is -0.972. The molecule has 0 aliphatic rings. The van der Waals surface area contributed by atoms with Gasteiger partial charge in [-0.2, -0.15) is 5.26 Å². The maximum absolute atomic E-state index is 12.0. The SMILES string of the molecule is C[C@@H](OC(=O)/C=C/c1sc2ccccc2c1Cl)C(=O)N(C)CCC#N. The van der Waals surface area contributed by atoms with Gasteiger partial charge >= 0.3 is 5.97 Å². The lowest BCUT2D eigenvalue weighted by molar-refractivity contribution is -0.154. The highest BCUT2D eigenvalue weighted by Gasteiger charge is 2.20. The van der Waals surface area contributed by atoms with Gasteiger partial charge in [-0.15, -0.1) is 11.3 Å². The number of fused-ring (bicyclic) bond motifs is 1. The Labute approximate surface area is 155 Å². The molecule has 0 radical (unpaired) electrons. The van der Waals surface area contributed by atoms with Gasteiger partial charge in [-0.3, -0.25) is 4.79 Å². The van der Waals surface area contributed by atoms with E-state index in [2.05, 4.69) is 0 Å². The second-order valence-electron chi connectivity index (χ2n) is 5.36. The maximum atomic E-state index is 12.0. The summed E-state index contributed by atoms with van der Waals surface area (Å²) in [5, 5.41) is 10.1. The highest BCUT2D eigenvalue weighted by atomic mass is 35.5. The van der Waals surface area contributed by atoms with Gasteiger partial charge in [0.15, 0.2) is 6.10 Å². The molecule has 1 atom stereocenters. The number of benzene rings is 1. The van der Waals surface area contributed by atoms with Crippen LogP contribution in [0.15, 0.2) is 30.3 Å². The Morgan fingerprint density at radius 3 is 2.84 bits per heavy atom. The number of nitrogens with zero attached hydrogens (tertiary/aromatic N) is 2. The molecule has 2 rings (SSSR count). The summed E-state index contributed by atoms with van der Waals surface area (Å²) < 4.78 is 6.14. The average molecular weight is 377 g/mol. The van der Waals surface area contributed by atoms with Crippen molar-refractivity contribution >= 4 is 51.0 Å². The van der Waals surface area contributed by atoms with Gasteiger partial charge in [-0.1, -0.05) is 29.8 Å². The molecule has 130 valence electrons. The fourth-order valence-electron chi connectivity index (χ4n) is 2.19. The number of esters is 1. The van der Waals surface area contributed by atoms with Crippen molar-refractivity contribution in [2.75, 3.05) is 13.6 Å². The lowest BCUT2D eigenvalue weighted by Crippen LogP contribution is -2.37. The van der Waals surface area contributed by atoms with Crippen LogP contribution >= 0.6 is 22.9 Å². The zero-order chi connectivity index (χ0) is 18.4. The Hall–Kier alpha value is -2.36. The van der Waals surface area contributed by atoms with Crippen LogP contribution in [-0.2, 0) is 14.3 Å². The van der Waals surface area contributed by atoms with Crippen molar-refractivity contribution in [3.8, 4) is 6.07 Å². The minimum Gasteiger partial charge on any atom is -0.449 e. The van der Waals surface area contributed by atoms with E-state index in [-0.39, 0.29) is 12.3 Å². The van der Waals surface area contributed by atoms with Crippen molar-refractivity contribution in [2.45, 2.75) is 19.4 Å². The predicted molar refractivity (Wildman–Crippen MR) is 99.3 cm³/mol. The van der Waals surface area contributed by atoms with Crippen LogP contribution in [0.25, 0.3) is 16.2 Å². The van der Waals surface area contributed by atoms with Crippen molar-refractivity contribution in [1.82, 2.24) is 4.90 Å². The highest BCUT2D eigenvalue weighted by molar-refractivity contribution is 7.20. The van der Waals surface area contributed by atoms with Gasteiger partial charge in [0.05, 0.1) is 17.5 Å². The molecule has 0 aliphatic carbocycles. The minimum absolute atomic E-state index is 0.229. The Morgan fingerprint density at radius 2 is 2.16 bits per heavy atom. The summed E-state index contributed by atoms with van der Waals surface area (Å²) in [6, 6.07) is 9.66. The third-order valence-electron chi connectivity index (χ3n) is 3.51. The monoisotopic (exact) mass is 376 g/mol. The standard InChI is InChI=1S/C18H17ClN2O3S/c1-12(18(23)21(2)11-5-10-20)24-16(22)9-8-15-17(19)13-6-3-4-7-14(13)25-15/h3-4,6-9,12H,5,11H2,1-2H3/b9-8+/t12-/m1/s1. The molecule has 5 nitrogen and oxygen atoms in total. The van der Waals surface area contributed by atoms with Gasteiger partial charge in [0, 0.05) is 34.6 Å². The molecule has 25 heavy (non-hydrogen) atoms. The maximum Gasteiger partial charge on any atom is 0.331 e. The second-order valence-corrected chi connectivity index (χ2v) is 6.82. The van der Waals surface area contributed by atoms with Gasteiger partial charge in [0.1, 0.15) is 0 Å². The Bertz CT molecular complexity index is 854. The number of likely N-dealkylation sites (N-methyl/N-ethyl adjacent to an activating group) is 1. The summed E-state index contributed by atoms with van der Waals surface area (Å²) in [5.41, 5.74) is 0. The molecule has 1 heterocycles. The Balaban J connectivity index is 1.99. The van der Waals surface area contributed by atoms with Gasteiger partial charge in [-0.05, 0) is 19.1 Å². The first-order valence-electron chi connectivity index (χ1n) is 7.61. The average Bonchev–Trinajstić information content (AvgIpc) is 2.93. The highest BCUT2D eigenvalue weighted by Crippen LogP contribution is 2.35. The van der Waals surface area contributed by atoms with E-state index in [0.29, 0.717) is 11.6 Å². The van der Waals surface area contributed by atoms with E-state index in [9.17, 15) is 9.59 Å². The fourth-order valence-corrected chi connectivity index (χ4v) is 3.58. The third-order valence-corrected chi connectivity index (χ3v) is 5.16. The molecular formula is C18H17ClN2O3S. The molecule has 1 amide bonds. The number of carbonyl (C=O) groups is 2. The molecule has 0 saturated carbocycles. The molecule has 2 aromatic rings. The van der Waals surface area contributed by atoms with E-state index < -0.39 is 12.1 Å². The normalized spacial score (nSPS) is 12.1. The van der Waals surface area contributed by atoms with Crippen LogP contribution in [0.2, 0.25) is 5.02 Å². The van der Waals surface area contributed by atoms with Crippen LogP contribution in [0.1, 0.15) is 18.2 Å². The van der Waals surface area contributed by atoms with E-state index in [1.54, 1.807) is 13.1 Å². The third kappa shape index (κ3) is 4.81. The molecule has 0 N–H and O–H groups in total. The summed E-state index contributed by atoms with van der Waals surface area (Å²) in [7, 11) is 1.57. The molecule has 0 spiro atoms. The van der Waals surface area contributed by atoms with E-state index in [4.69, 9.17) is 21.6 Å². The first kappa shape index (κ1) is 19.0. The largest absolute Gasteiger partial charge is 0.449 e. The lowest BCUT2D eigenvalue weighted by atomic mass is 10.2. The summed E-state index contributed by atoms with van der Waals surface area (Å²) >= 11 is 7.78. The number of rotatable bonds is 6.